The predicted molar refractivity (Wildman–Crippen MR) is 72.4 cm³/mol. The van der Waals surface area contributed by atoms with Gasteiger partial charge in [0.1, 0.15) is 5.75 Å². The molecule has 0 aliphatic heterocycles. The standard InChI is InChI=1S/C11H8N4O.2ClH/c16-9-5-8(6-12-7-9)10-1-2-11-13-3-4-15(11)14-10;;/h1-7,16H;2*1H. The maximum atomic E-state index is 9.34. The van der Waals surface area contributed by atoms with Crippen molar-refractivity contribution in [2.75, 3.05) is 0 Å². The largest absolute Gasteiger partial charge is 0.506 e. The lowest BCUT2D eigenvalue weighted by Crippen LogP contribution is -1.93. The number of pyridine rings is 1. The zero-order valence-electron chi connectivity index (χ0n) is 9.09. The van der Waals surface area contributed by atoms with Gasteiger partial charge in [0, 0.05) is 24.2 Å². The van der Waals surface area contributed by atoms with Gasteiger partial charge in [-0.25, -0.2) is 9.50 Å². The monoisotopic (exact) mass is 284 g/mol. The van der Waals surface area contributed by atoms with Crippen LogP contribution in [0.25, 0.3) is 16.9 Å². The second kappa shape index (κ2) is 5.66. The molecule has 0 aromatic carbocycles. The number of aromatic nitrogens is 4. The molecule has 0 atom stereocenters. The Balaban J connectivity index is 0.000000810. The molecular weight excluding hydrogens is 275 g/mol. The number of fused-ring (bicyclic) bond motifs is 1. The van der Waals surface area contributed by atoms with Gasteiger partial charge in [0.15, 0.2) is 5.65 Å². The van der Waals surface area contributed by atoms with Gasteiger partial charge < -0.3 is 5.11 Å². The van der Waals surface area contributed by atoms with Crippen LogP contribution in [0.3, 0.4) is 0 Å². The van der Waals surface area contributed by atoms with Gasteiger partial charge in [0.2, 0.25) is 0 Å². The third-order valence-corrected chi connectivity index (χ3v) is 2.27. The lowest BCUT2D eigenvalue weighted by atomic mass is 10.2. The minimum Gasteiger partial charge on any atom is -0.506 e. The molecule has 1 N–H and O–H groups in total. The summed E-state index contributed by atoms with van der Waals surface area (Å²) < 4.78 is 1.68. The van der Waals surface area contributed by atoms with E-state index in [1.165, 1.54) is 6.20 Å². The minimum atomic E-state index is 0. The highest BCUT2D eigenvalue weighted by Crippen LogP contribution is 2.19. The van der Waals surface area contributed by atoms with Crippen molar-refractivity contribution in [2.24, 2.45) is 0 Å². The molecule has 0 aliphatic rings. The van der Waals surface area contributed by atoms with Crippen molar-refractivity contribution < 1.29 is 5.11 Å². The van der Waals surface area contributed by atoms with Crippen molar-refractivity contribution in [2.45, 2.75) is 0 Å². The number of rotatable bonds is 1. The van der Waals surface area contributed by atoms with Gasteiger partial charge in [-0.15, -0.1) is 24.8 Å². The SMILES string of the molecule is Cl.Cl.Oc1cncc(-c2ccc3nccn3n2)c1. The summed E-state index contributed by atoms with van der Waals surface area (Å²) in [5, 5.41) is 13.7. The fourth-order valence-corrected chi connectivity index (χ4v) is 1.54. The molecule has 94 valence electrons. The lowest BCUT2D eigenvalue weighted by molar-refractivity contribution is 0.473. The number of nitrogens with zero attached hydrogens (tertiary/aromatic N) is 4. The van der Waals surface area contributed by atoms with E-state index in [1.807, 2.05) is 12.1 Å². The molecular formula is C11H10Cl2N4O. The molecule has 3 aromatic heterocycles. The molecule has 18 heavy (non-hydrogen) atoms. The summed E-state index contributed by atoms with van der Waals surface area (Å²) in [6.07, 6.45) is 6.51. The highest BCUT2D eigenvalue weighted by Gasteiger charge is 2.02. The molecule has 0 saturated heterocycles. The van der Waals surface area contributed by atoms with Gasteiger partial charge in [-0.3, -0.25) is 4.98 Å². The average Bonchev–Trinajstić information content (AvgIpc) is 2.75. The van der Waals surface area contributed by atoms with Gasteiger partial charge in [-0.1, -0.05) is 0 Å². The van der Waals surface area contributed by atoms with E-state index >= 15 is 0 Å². The van der Waals surface area contributed by atoms with Gasteiger partial charge in [-0.2, -0.15) is 5.10 Å². The van der Waals surface area contributed by atoms with Crippen LogP contribution in [0, 0.1) is 0 Å². The molecule has 3 aromatic rings. The molecule has 0 amide bonds. The molecule has 5 nitrogen and oxygen atoms in total. The Labute approximate surface area is 115 Å². The molecule has 0 saturated carbocycles. The number of hydrogen-bond acceptors (Lipinski definition) is 4. The van der Waals surface area contributed by atoms with Gasteiger partial charge in [0.25, 0.3) is 0 Å². The van der Waals surface area contributed by atoms with E-state index in [1.54, 1.807) is 29.2 Å². The normalized spacial score (nSPS) is 9.56. The Kier molecular flexibility index (Phi) is 4.47. The maximum Gasteiger partial charge on any atom is 0.153 e. The van der Waals surface area contributed by atoms with Crippen molar-refractivity contribution in [1.29, 1.82) is 0 Å². The molecule has 3 rings (SSSR count). The van der Waals surface area contributed by atoms with Crippen molar-refractivity contribution in [3.63, 3.8) is 0 Å². The van der Waals surface area contributed by atoms with Crippen LogP contribution in [0.5, 0.6) is 5.75 Å². The summed E-state index contributed by atoms with van der Waals surface area (Å²) in [6.45, 7) is 0. The van der Waals surface area contributed by atoms with E-state index in [0.29, 0.717) is 0 Å². The van der Waals surface area contributed by atoms with E-state index in [9.17, 15) is 5.11 Å². The lowest BCUT2D eigenvalue weighted by Gasteiger charge is -2.01. The number of halogens is 2. The molecule has 0 spiro atoms. The minimum absolute atomic E-state index is 0. The quantitative estimate of drug-likeness (QED) is 0.745. The van der Waals surface area contributed by atoms with E-state index in [4.69, 9.17) is 0 Å². The fraction of sp³-hybridized carbons (Fsp3) is 0. The van der Waals surface area contributed by atoms with Gasteiger partial charge in [-0.05, 0) is 18.2 Å². The summed E-state index contributed by atoms with van der Waals surface area (Å²) in [5.41, 5.74) is 2.31. The van der Waals surface area contributed by atoms with Crippen molar-refractivity contribution in [3.8, 4) is 17.0 Å². The smallest absolute Gasteiger partial charge is 0.153 e. The van der Waals surface area contributed by atoms with Gasteiger partial charge >= 0.3 is 0 Å². The van der Waals surface area contributed by atoms with Gasteiger partial charge in [0.05, 0.1) is 11.9 Å². The van der Waals surface area contributed by atoms with Crippen molar-refractivity contribution >= 4 is 30.5 Å². The second-order valence-corrected chi connectivity index (χ2v) is 3.38. The molecule has 7 heteroatoms. The first-order valence-corrected chi connectivity index (χ1v) is 4.78. The van der Waals surface area contributed by atoms with Crippen LogP contribution in [0.2, 0.25) is 0 Å². The third-order valence-electron chi connectivity index (χ3n) is 2.27. The van der Waals surface area contributed by atoms with Crippen molar-refractivity contribution in [1.82, 2.24) is 19.6 Å². The first kappa shape index (κ1) is 14.2. The van der Waals surface area contributed by atoms with Crippen molar-refractivity contribution in [3.05, 3.63) is 43.0 Å². The Morgan fingerprint density at radius 3 is 2.72 bits per heavy atom. The zero-order chi connectivity index (χ0) is 11.0. The molecule has 0 radical (unpaired) electrons. The first-order chi connectivity index (χ1) is 7.83. The van der Waals surface area contributed by atoms with Crippen LogP contribution in [0.4, 0.5) is 0 Å². The number of imidazole rings is 1. The van der Waals surface area contributed by atoms with E-state index in [-0.39, 0.29) is 30.6 Å². The van der Waals surface area contributed by atoms with E-state index in [2.05, 4.69) is 15.1 Å². The number of hydrogen-bond donors (Lipinski definition) is 1. The molecule has 0 unspecified atom stereocenters. The Morgan fingerprint density at radius 1 is 1.11 bits per heavy atom. The molecule has 0 bridgehead atoms. The van der Waals surface area contributed by atoms with E-state index in [0.717, 1.165) is 16.9 Å². The Hall–Kier alpha value is -1.85. The fourth-order valence-electron chi connectivity index (χ4n) is 1.54. The summed E-state index contributed by atoms with van der Waals surface area (Å²) >= 11 is 0. The van der Waals surface area contributed by atoms with Crippen LogP contribution in [0.1, 0.15) is 0 Å². The predicted octanol–water partition coefficient (Wildman–Crippen LogP) is 2.34. The second-order valence-electron chi connectivity index (χ2n) is 3.38. The molecule has 0 fully saturated rings. The zero-order valence-corrected chi connectivity index (χ0v) is 10.7. The van der Waals surface area contributed by atoms with Crippen LogP contribution in [-0.4, -0.2) is 24.7 Å². The van der Waals surface area contributed by atoms with Crippen LogP contribution < -0.4 is 0 Å². The number of aromatic hydroxyl groups is 1. The first-order valence-electron chi connectivity index (χ1n) is 4.78. The Morgan fingerprint density at radius 2 is 1.94 bits per heavy atom. The van der Waals surface area contributed by atoms with E-state index < -0.39 is 0 Å². The van der Waals surface area contributed by atoms with Crippen LogP contribution >= 0.6 is 24.8 Å². The summed E-state index contributed by atoms with van der Waals surface area (Å²) in [5.74, 6) is 0.130. The molecule has 0 aliphatic carbocycles. The highest BCUT2D eigenvalue weighted by molar-refractivity contribution is 5.85. The highest BCUT2D eigenvalue weighted by atomic mass is 35.5. The summed E-state index contributed by atoms with van der Waals surface area (Å²) in [7, 11) is 0. The summed E-state index contributed by atoms with van der Waals surface area (Å²) in [4.78, 5) is 8.02. The average molecular weight is 285 g/mol. The maximum absolute atomic E-state index is 9.34. The third kappa shape index (κ3) is 2.52. The topological polar surface area (TPSA) is 63.3 Å². The molecule has 3 heterocycles. The van der Waals surface area contributed by atoms with Crippen LogP contribution in [-0.2, 0) is 0 Å². The van der Waals surface area contributed by atoms with Crippen LogP contribution in [0.15, 0.2) is 43.0 Å². The summed E-state index contributed by atoms with van der Waals surface area (Å²) in [6, 6.07) is 5.34. The Bertz CT molecular complexity index is 656.